The van der Waals surface area contributed by atoms with E-state index < -0.39 is 0 Å². The van der Waals surface area contributed by atoms with E-state index in [1.807, 2.05) is 11.7 Å². The number of hydrogen-bond donors (Lipinski definition) is 1. The van der Waals surface area contributed by atoms with Crippen molar-refractivity contribution in [3.05, 3.63) is 5.82 Å². The fraction of sp³-hybridized carbons (Fsp3) is 0.929. The van der Waals surface area contributed by atoms with Crippen molar-refractivity contribution in [1.29, 1.82) is 0 Å². The first-order valence-corrected chi connectivity index (χ1v) is 7.72. The van der Waals surface area contributed by atoms with E-state index in [1.54, 1.807) is 0 Å². The van der Waals surface area contributed by atoms with Gasteiger partial charge in [0, 0.05) is 13.5 Å². The Balaban J connectivity index is 1.81. The Morgan fingerprint density at radius 1 is 1.21 bits per heavy atom. The number of rotatable bonds is 3. The van der Waals surface area contributed by atoms with Crippen LogP contribution in [0.5, 0.6) is 0 Å². The Hall–Kier alpha value is -0.970. The van der Waals surface area contributed by atoms with Crippen LogP contribution in [0, 0.1) is 11.3 Å². The summed E-state index contributed by atoms with van der Waals surface area (Å²) in [5, 5.41) is 15.6. The predicted molar refractivity (Wildman–Crippen MR) is 73.6 cm³/mol. The summed E-state index contributed by atoms with van der Waals surface area (Å²) in [4.78, 5) is 0. The summed E-state index contributed by atoms with van der Waals surface area (Å²) in [7, 11) is 1.96. The van der Waals surface area contributed by atoms with Crippen molar-refractivity contribution in [1.82, 2.24) is 25.5 Å². The van der Waals surface area contributed by atoms with Crippen LogP contribution in [0.2, 0.25) is 0 Å². The van der Waals surface area contributed by atoms with Crippen molar-refractivity contribution < 1.29 is 0 Å². The van der Waals surface area contributed by atoms with Crippen LogP contribution in [0.15, 0.2) is 0 Å². The number of hydrogen-bond acceptors (Lipinski definition) is 4. The molecule has 1 aliphatic heterocycles. The minimum Gasteiger partial charge on any atom is -0.317 e. The van der Waals surface area contributed by atoms with Crippen LogP contribution in [-0.4, -0.2) is 33.3 Å². The van der Waals surface area contributed by atoms with Crippen LogP contribution in [0.4, 0.5) is 0 Å². The molecule has 1 aromatic heterocycles. The normalized spacial score (nSPS) is 24.5. The predicted octanol–water partition coefficient (Wildman–Crippen LogP) is 1.70. The minimum atomic E-state index is 0.439. The Labute approximate surface area is 115 Å². The number of aryl methyl sites for hydroxylation is 1. The van der Waals surface area contributed by atoms with Crippen molar-refractivity contribution in [2.45, 2.75) is 51.4 Å². The molecular weight excluding hydrogens is 238 g/mol. The summed E-state index contributed by atoms with van der Waals surface area (Å²) in [6.45, 7) is 2.31. The van der Waals surface area contributed by atoms with Gasteiger partial charge >= 0.3 is 0 Å². The number of tetrazole rings is 1. The molecular formula is C14H25N5. The molecule has 1 aromatic rings. The van der Waals surface area contributed by atoms with Crippen LogP contribution in [0.25, 0.3) is 0 Å². The van der Waals surface area contributed by atoms with Gasteiger partial charge in [-0.25, -0.2) is 4.68 Å². The van der Waals surface area contributed by atoms with E-state index in [9.17, 15) is 0 Å². The molecule has 5 nitrogen and oxygen atoms in total. The first-order valence-electron chi connectivity index (χ1n) is 7.72. The lowest BCUT2D eigenvalue weighted by atomic mass is 9.62. The van der Waals surface area contributed by atoms with Crippen LogP contribution >= 0.6 is 0 Å². The molecule has 19 heavy (non-hydrogen) atoms. The molecule has 5 heteroatoms. The van der Waals surface area contributed by atoms with Gasteiger partial charge in [-0.2, -0.15) is 0 Å². The zero-order chi connectivity index (χ0) is 13.1. The van der Waals surface area contributed by atoms with Gasteiger partial charge < -0.3 is 5.32 Å². The SMILES string of the molecule is Cn1nnnc1CC1(C2CCCCC2)CCNCC1. The first-order chi connectivity index (χ1) is 9.30. The van der Waals surface area contributed by atoms with Gasteiger partial charge in [-0.3, -0.25) is 0 Å². The summed E-state index contributed by atoms with van der Waals surface area (Å²) in [6.07, 6.45) is 10.7. The standard InChI is InChI=1S/C14H25N5/c1-19-13(16-17-18-19)11-14(7-9-15-10-8-14)12-5-3-2-4-6-12/h12,15H,2-11H2,1H3. The van der Waals surface area contributed by atoms with Gasteiger partial charge in [-0.1, -0.05) is 19.3 Å². The van der Waals surface area contributed by atoms with E-state index in [4.69, 9.17) is 0 Å². The Kier molecular flexibility index (Phi) is 3.82. The summed E-state index contributed by atoms with van der Waals surface area (Å²) >= 11 is 0. The zero-order valence-electron chi connectivity index (χ0n) is 11.9. The monoisotopic (exact) mass is 263 g/mol. The zero-order valence-corrected chi connectivity index (χ0v) is 11.9. The minimum absolute atomic E-state index is 0.439. The van der Waals surface area contributed by atoms with E-state index in [2.05, 4.69) is 20.8 Å². The number of piperidine rings is 1. The molecule has 1 aliphatic carbocycles. The highest BCUT2D eigenvalue weighted by Gasteiger charge is 2.41. The molecule has 1 N–H and O–H groups in total. The molecule has 2 fully saturated rings. The third-order valence-electron chi connectivity index (χ3n) is 5.29. The maximum atomic E-state index is 4.23. The maximum absolute atomic E-state index is 4.23. The lowest BCUT2D eigenvalue weighted by molar-refractivity contribution is 0.0716. The molecule has 0 aromatic carbocycles. The average Bonchev–Trinajstić information content (AvgIpc) is 2.86. The lowest BCUT2D eigenvalue weighted by Gasteiger charge is -2.45. The largest absolute Gasteiger partial charge is 0.317 e. The van der Waals surface area contributed by atoms with Gasteiger partial charge in [0.05, 0.1) is 0 Å². The topological polar surface area (TPSA) is 55.6 Å². The molecule has 1 saturated carbocycles. The maximum Gasteiger partial charge on any atom is 0.151 e. The summed E-state index contributed by atoms with van der Waals surface area (Å²) in [5.74, 6) is 1.94. The number of nitrogens with one attached hydrogen (secondary N) is 1. The van der Waals surface area contributed by atoms with Crippen molar-refractivity contribution in [3.63, 3.8) is 0 Å². The van der Waals surface area contributed by atoms with E-state index >= 15 is 0 Å². The summed E-state index contributed by atoms with van der Waals surface area (Å²) < 4.78 is 1.85. The Morgan fingerprint density at radius 2 is 1.95 bits per heavy atom. The van der Waals surface area contributed by atoms with Gasteiger partial charge in [0.2, 0.25) is 0 Å². The fourth-order valence-corrected chi connectivity index (χ4v) is 4.08. The highest BCUT2D eigenvalue weighted by Crippen LogP contribution is 2.46. The molecule has 2 heterocycles. The Morgan fingerprint density at radius 3 is 2.58 bits per heavy atom. The van der Waals surface area contributed by atoms with Crippen molar-refractivity contribution in [2.75, 3.05) is 13.1 Å². The van der Waals surface area contributed by atoms with Crippen LogP contribution in [0.1, 0.15) is 50.8 Å². The number of aromatic nitrogens is 4. The van der Waals surface area contributed by atoms with Gasteiger partial charge in [-0.15, -0.1) is 5.10 Å². The molecule has 0 atom stereocenters. The molecule has 0 bridgehead atoms. The van der Waals surface area contributed by atoms with Gasteiger partial charge in [0.15, 0.2) is 5.82 Å². The third kappa shape index (κ3) is 2.66. The van der Waals surface area contributed by atoms with Crippen LogP contribution in [-0.2, 0) is 13.5 Å². The second-order valence-corrected chi connectivity index (χ2v) is 6.34. The van der Waals surface area contributed by atoms with Crippen molar-refractivity contribution >= 4 is 0 Å². The van der Waals surface area contributed by atoms with Crippen LogP contribution < -0.4 is 5.32 Å². The molecule has 106 valence electrons. The van der Waals surface area contributed by atoms with Crippen molar-refractivity contribution in [2.24, 2.45) is 18.4 Å². The summed E-state index contributed by atoms with van der Waals surface area (Å²) in [6, 6.07) is 0. The number of nitrogens with zero attached hydrogens (tertiary/aromatic N) is 4. The molecule has 0 spiro atoms. The van der Waals surface area contributed by atoms with E-state index in [1.165, 1.54) is 44.9 Å². The lowest BCUT2D eigenvalue weighted by Crippen LogP contribution is -2.44. The molecule has 2 aliphatic rings. The van der Waals surface area contributed by atoms with Crippen molar-refractivity contribution in [3.8, 4) is 0 Å². The molecule has 0 radical (unpaired) electrons. The van der Waals surface area contributed by atoms with E-state index in [-0.39, 0.29) is 0 Å². The fourth-order valence-electron chi connectivity index (χ4n) is 4.08. The molecule has 0 amide bonds. The van der Waals surface area contributed by atoms with Gasteiger partial charge in [0.25, 0.3) is 0 Å². The third-order valence-corrected chi connectivity index (χ3v) is 5.29. The first kappa shape index (κ1) is 13.0. The molecule has 1 saturated heterocycles. The quantitative estimate of drug-likeness (QED) is 0.902. The van der Waals surface area contributed by atoms with E-state index in [0.29, 0.717) is 5.41 Å². The molecule has 3 rings (SSSR count). The van der Waals surface area contributed by atoms with Crippen LogP contribution in [0.3, 0.4) is 0 Å². The smallest absolute Gasteiger partial charge is 0.151 e. The van der Waals surface area contributed by atoms with Gasteiger partial charge in [-0.05, 0) is 60.5 Å². The van der Waals surface area contributed by atoms with E-state index in [0.717, 1.165) is 31.3 Å². The second kappa shape index (κ2) is 5.57. The van der Waals surface area contributed by atoms with Gasteiger partial charge in [0.1, 0.15) is 0 Å². The second-order valence-electron chi connectivity index (χ2n) is 6.34. The Bertz CT molecular complexity index is 402. The summed E-state index contributed by atoms with van der Waals surface area (Å²) in [5.41, 5.74) is 0.439. The average molecular weight is 263 g/mol. The highest BCUT2D eigenvalue weighted by atomic mass is 15.5. The highest BCUT2D eigenvalue weighted by molar-refractivity contribution is 4.98. The molecule has 0 unspecified atom stereocenters.